The lowest BCUT2D eigenvalue weighted by molar-refractivity contribution is -0.116. The van der Waals surface area contributed by atoms with E-state index < -0.39 is 15.9 Å². The predicted octanol–water partition coefficient (Wildman–Crippen LogP) is 3.76. The Hall–Kier alpha value is -3.65. The Labute approximate surface area is 188 Å². The highest BCUT2D eigenvalue weighted by Crippen LogP contribution is 2.18. The molecule has 0 radical (unpaired) electrons. The third kappa shape index (κ3) is 5.73. The third-order valence-corrected chi connectivity index (χ3v) is 6.21. The highest BCUT2D eigenvalue weighted by atomic mass is 32.2. The first-order valence-electron chi connectivity index (χ1n) is 10.1. The number of likely N-dealkylation sites (N-methyl/N-ethyl adjacent to an activating group) is 1. The van der Waals surface area contributed by atoms with Crippen molar-refractivity contribution in [3.63, 3.8) is 0 Å². The summed E-state index contributed by atoms with van der Waals surface area (Å²) < 4.78 is 27.5. The Kier molecular flexibility index (Phi) is 7.27. The molecule has 3 aromatic carbocycles. The maximum absolute atomic E-state index is 12.8. The molecule has 0 atom stereocenters. The van der Waals surface area contributed by atoms with Crippen LogP contribution >= 0.6 is 0 Å². The number of hydrogen-bond acceptors (Lipinski definition) is 4. The SMILES string of the molecule is CCc1ccccc1NC(=O)CN(C)C(=O)c1cccc(NS(=O)(=O)c2ccccc2)c1. The number of anilines is 2. The van der Waals surface area contributed by atoms with E-state index in [1.54, 1.807) is 36.4 Å². The molecule has 0 aliphatic heterocycles. The van der Waals surface area contributed by atoms with E-state index in [9.17, 15) is 18.0 Å². The number of benzene rings is 3. The number of rotatable bonds is 8. The largest absolute Gasteiger partial charge is 0.332 e. The zero-order valence-electron chi connectivity index (χ0n) is 17.9. The van der Waals surface area contributed by atoms with E-state index >= 15 is 0 Å². The van der Waals surface area contributed by atoms with E-state index in [1.165, 1.54) is 30.1 Å². The van der Waals surface area contributed by atoms with Gasteiger partial charge in [0.25, 0.3) is 15.9 Å². The quantitative estimate of drug-likeness (QED) is 0.545. The minimum absolute atomic E-state index is 0.123. The monoisotopic (exact) mass is 451 g/mol. The van der Waals surface area contributed by atoms with Gasteiger partial charge in [-0.3, -0.25) is 14.3 Å². The number of para-hydroxylation sites is 1. The molecule has 7 nitrogen and oxygen atoms in total. The first kappa shape index (κ1) is 23.0. The lowest BCUT2D eigenvalue weighted by atomic mass is 10.1. The molecular formula is C24H25N3O4S. The maximum atomic E-state index is 12.8. The van der Waals surface area contributed by atoms with Gasteiger partial charge in [-0.15, -0.1) is 0 Å². The summed E-state index contributed by atoms with van der Waals surface area (Å²) in [6.45, 7) is 1.86. The van der Waals surface area contributed by atoms with Crippen LogP contribution in [-0.2, 0) is 21.2 Å². The van der Waals surface area contributed by atoms with Crippen molar-refractivity contribution in [3.05, 3.63) is 90.0 Å². The molecule has 0 aromatic heterocycles. The summed E-state index contributed by atoms with van der Waals surface area (Å²) >= 11 is 0. The molecule has 0 aliphatic rings. The van der Waals surface area contributed by atoms with Crippen molar-refractivity contribution in [2.24, 2.45) is 0 Å². The zero-order chi connectivity index (χ0) is 23.1. The number of carbonyl (C=O) groups is 2. The third-order valence-electron chi connectivity index (χ3n) is 4.82. The molecule has 2 amide bonds. The number of carbonyl (C=O) groups excluding carboxylic acids is 2. The molecule has 0 saturated carbocycles. The van der Waals surface area contributed by atoms with Crippen molar-refractivity contribution in [1.29, 1.82) is 0 Å². The Bertz CT molecular complexity index is 1210. The van der Waals surface area contributed by atoms with Gasteiger partial charge in [0, 0.05) is 24.0 Å². The number of amides is 2. The normalized spacial score (nSPS) is 10.9. The molecule has 166 valence electrons. The van der Waals surface area contributed by atoms with Crippen molar-refractivity contribution >= 4 is 33.2 Å². The minimum Gasteiger partial charge on any atom is -0.332 e. The fourth-order valence-corrected chi connectivity index (χ4v) is 4.25. The maximum Gasteiger partial charge on any atom is 0.261 e. The molecule has 3 aromatic rings. The van der Waals surface area contributed by atoms with Gasteiger partial charge >= 0.3 is 0 Å². The van der Waals surface area contributed by atoms with Gasteiger partial charge in [-0.1, -0.05) is 49.4 Å². The van der Waals surface area contributed by atoms with Crippen LogP contribution in [0, 0.1) is 0 Å². The van der Waals surface area contributed by atoms with E-state index in [0.717, 1.165) is 17.7 Å². The van der Waals surface area contributed by atoms with E-state index in [2.05, 4.69) is 10.0 Å². The van der Waals surface area contributed by atoms with Crippen molar-refractivity contribution in [1.82, 2.24) is 4.90 Å². The van der Waals surface area contributed by atoms with E-state index in [1.807, 2.05) is 31.2 Å². The highest BCUT2D eigenvalue weighted by molar-refractivity contribution is 7.92. The van der Waals surface area contributed by atoms with Gasteiger partial charge in [0.2, 0.25) is 5.91 Å². The molecule has 0 bridgehead atoms. The van der Waals surface area contributed by atoms with Gasteiger partial charge in [0.1, 0.15) is 0 Å². The average Bonchev–Trinajstić information content (AvgIpc) is 2.79. The Balaban J connectivity index is 1.68. The summed E-state index contributed by atoms with van der Waals surface area (Å²) in [6, 6.07) is 21.6. The van der Waals surface area contributed by atoms with Crippen LogP contribution in [0.2, 0.25) is 0 Å². The van der Waals surface area contributed by atoms with Gasteiger partial charge < -0.3 is 10.2 Å². The van der Waals surface area contributed by atoms with E-state index in [4.69, 9.17) is 0 Å². The summed E-state index contributed by atoms with van der Waals surface area (Å²) in [5.41, 5.74) is 2.25. The van der Waals surface area contributed by atoms with Crippen LogP contribution in [0.15, 0.2) is 83.8 Å². The Morgan fingerprint density at radius 2 is 1.59 bits per heavy atom. The van der Waals surface area contributed by atoms with Crippen LogP contribution in [0.25, 0.3) is 0 Å². The molecule has 0 aliphatic carbocycles. The Morgan fingerprint density at radius 1 is 0.906 bits per heavy atom. The number of aryl methyl sites for hydroxylation is 1. The number of hydrogen-bond donors (Lipinski definition) is 2. The van der Waals surface area contributed by atoms with E-state index in [-0.39, 0.29) is 28.6 Å². The molecule has 0 spiro atoms. The van der Waals surface area contributed by atoms with Gasteiger partial charge in [-0.25, -0.2) is 8.42 Å². The smallest absolute Gasteiger partial charge is 0.261 e. The van der Waals surface area contributed by atoms with Crippen molar-refractivity contribution < 1.29 is 18.0 Å². The molecule has 2 N–H and O–H groups in total. The molecule has 8 heteroatoms. The molecule has 0 fully saturated rings. The van der Waals surface area contributed by atoms with Crippen LogP contribution < -0.4 is 10.0 Å². The van der Waals surface area contributed by atoms with Gasteiger partial charge in [0.05, 0.1) is 11.4 Å². The summed E-state index contributed by atoms with van der Waals surface area (Å²) in [5, 5.41) is 2.83. The second-order valence-corrected chi connectivity index (χ2v) is 8.90. The van der Waals surface area contributed by atoms with Gasteiger partial charge in [0.15, 0.2) is 0 Å². The fourth-order valence-electron chi connectivity index (χ4n) is 3.18. The fraction of sp³-hybridized carbons (Fsp3) is 0.167. The second kappa shape index (κ2) is 10.1. The summed E-state index contributed by atoms with van der Waals surface area (Å²) in [7, 11) is -2.25. The minimum atomic E-state index is -3.78. The average molecular weight is 452 g/mol. The lowest BCUT2D eigenvalue weighted by Crippen LogP contribution is -2.35. The predicted molar refractivity (Wildman–Crippen MR) is 125 cm³/mol. The summed E-state index contributed by atoms with van der Waals surface area (Å²) in [5.74, 6) is -0.715. The molecule has 0 heterocycles. The van der Waals surface area contributed by atoms with Crippen LogP contribution in [0.3, 0.4) is 0 Å². The van der Waals surface area contributed by atoms with Gasteiger partial charge in [-0.05, 0) is 48.4 Å². The lowest BCUT2D eigenvalue weighted by Gasteiger charge is -2.18. The van der Waals surface area contributed by atoms with Crippen LogP contribution in [0.4, 0.5) is 11.4 Å². The molecule has 3 rings (SSSR count). The first-order chi connectivity index (χ1) is 15.3. The number of nitrogens with one attached hydrogen (secondary N) is 2. The number of sulfonamides is 1. The second-order valence-electron chi connectivity index (χ2n) is 7.22. The zero-order valence-corrected chi connectivity index (χ0v) is 18.7. The standard InChI is InChI=1S/C24H25N3O4S/c1-3-18-10-7-8-15-22(18)25-23(28)17-27(2)24(29)19-11-9-12-20(16-19)26-32(30,31)21-13-5-4-6-14-21/h4-16,26H,3,17H2,1-2H3,(H,25,28). The number of nitrogens with zero attached hydrogens (tertiary/aromatic N) is 1. The summed E-state index contributed by atoms with van der Waals surface area (Å²) in [4.78, 5) is 26.7. The van der Waals surface area contributed by atoms with Gasteiger partial charge in [-0.2, -0.15) is 0 Å². The van der Waals surface area contributed by atoms with Crippen molar-refractivity contribution in [2.45, 2.75) is 18.2 Å². The molecule has 0 unspecified atom stereocenters. The molecule has 32 heavy (non-hydrogen) atoms. The Morgan fingerprint density at radius 3 is 2.31 bits per heavy atom. The van der Waals surface area contributed by atoms with Crippen LogP contribution in [0.5, 0.6) is 0 Å². The van der Waals surface area contributed by atoms with Crippen LogP contribution in [-0.4, -0.2) is 38.7 Å². The first-order valence-corrected chi connectivity index (χ1v) is 11.6. The van der Waals surface area contributed by atoms with Crippen LogP contribution in [0.1, 0.15) is 22.8 Å². The highest BCUT2D eigenvalue weighted by Gasteiger charge is 2.18. The van der Waals surface area contributed by atoms with E-state index in [0.29, 0.717) is 0 Å². The molecule has 0 saturated heterocycles. The molecular weight excluding hydrogens is 426 g/mol. The van der Waals surface area contributed by atoms with Crippen molar-refractivity contribution in [2.75, 3.05) is 23.6 Å². The topological polar surface area (TPSA) is 95.6 Å². The van der Waals surface area contributed by atoms with Crippen molar-refractivity contribution in [3.8, 4) is 0 Å². The summed E-state index contributed by atoms with van der Waals surface area (Å²) in [6.07, 6.45) is 0.775.